The van der Waals surface area contributed by atoms with Crippen LogP contribution in [0.4, 0.5) is 11.4 Å². The highest BCUT2D eigenvalue weighted by Gasteiger charge is 1.99. The zero-order valence-corrected chi connectivity index (χ0v) is 9.49. The Balaban J connectivity index is 2.35. The highest BCUT2D eigenvalue weighted by molar-refractivity contribution is 5.65. The smallest absolute Gasteiger partial charge is 0.121 e. The van der Waals surface area contributed by atoms with Crippen molar-refractivity contribution < 1.29 is 4.74 Å². The van der Waals surface area contributed by atoms with Crippen LogP contribution < -0.4 is 16.2 Å². The lowest BCUT2D eigenvalue weighted by Crippen LogP contribution is -2.01. The van der Waals surface area contributed by atoms with E-state index >= 15 is 0 Å². The van der Waals surface area contributed by atoms with Gasteiger partial charge in [0.05, 0.1) is 18.0 Å². The SMILES string of the molecule is CC(C)CCCOc1ccc(N)c(N)c1. The second-order valence-electron chi connectivity index (χ2n) is 4.18. The van der Waals surface area contributed by atoms with Crippen molar-refractivity contribution in [1.82, 2.24) is 0 Å². The molecule has 0 aliphatic carbocycles. The molecule has 3 nitrogen and oxygen atoms in total. The van der Waals surface area contributed by atoms with Crippen LogP contribution in [0.3, 0.4) is 0 Å². The van der Waals surface area contributed by atoms with Gasteiger partial charge in [0, 0.05) is 6.07 Å². The normalized spacial score (nSPS) is 10.6. The van der Waals surface area contributed by atoms with Crippen LogP contribution in [-0.2, 0) is 0 Å². The fourth-order valence-corrected chi connectivity index (χ4v) is 1.32. The zero-order valence-electron chi connectivity index (χ0n) is 9.49. The fourth-order valence-electron chi connectivity index (χ4n) is 1.32. The van der Waals surface area contributed by atoms with Crippen LogP contribution in [0.25, 0.3) is 0 Å². The molecule has 0 aliphatic rings. The number of ether oxygens (including phenoxy) is 1. The molecule has 15 heavy (non-hydrogen) atoms. The Morgan fingerprint density at radius 1 is 1.20 bits per heavy atom. The number of nitrogens with two attached hydrogens (primary N) is 2. The topological polar surface area (TPSA) is 61.3 Å². The molecular formula is C12H20N2O. The maximum absolute atomic E-state index is 5.67. The van der Waals surface area contributed by atoms with Crippen LogP contribution >= 0.6 is 0 Å². The third kappa shape index (κ3) is 4.11. The Kier molecular flexibility index (Phi) is 4.28. The molecule has 0 saturated heterocycles. The van der Waals surface area contributed by atoms with Gasteiger partial charge in [0.2, 0.25) is 0 Å². The first-order valence-electron chi connectivity index (χ1n) is 5.37. The number of hydrogen-bond donors (Lipinski definition) is 2. The average molecular weight is 208 g/mol. The predicted octanol–water partition coefficient (Wildman–Crippen LogP) is 2.67. The first kappa shape index (κ1) is 11.7. The molecule has 0 heterocycles. The van der Waals surface area contributed by atoms with Crippen LogP contribution in [0.1, 0.15) is 26.7 Å². The second-order valence-corrected chi connectivity index (χ2v) is 4.18. The molecular weight excluding hydrogens is 188 g/mol. The standard InChI is InChI=1S/C12H20N2O/c1-9(2)4-3-7-15-10-5-6-11(13)12(14)8-10/h5-6,8-9H,3-4,7,13-14H2,1-2H3. The van der Waals surface area contributed by atoms with Crippen molar-refractivity contribution in [2.45, 2.75) is 26.7 Å². The summed E-state index contributed by atoms with van der Waals surface area (Å²) in [6.45, 7) is 5.16. The van der Waals surface area contributed by atoms with E-state index in [0.717, 1.165) is 24.7 Å². The van der Waals surface area contributed by atoms with E-state index in [1.54, 1.807) is 12.1 Å². The molecule has 0 radical (unpaired) electrons. The van der Waals surface area contributed by atoms with Gasteiger partial charge in [0.1, 0.15) is 5.75 Å². The van der Waals surface area contributed by atoms with Gasteiger partial charge in [-0.25, -0.2) is 0 Å². The molecule has 1 aromatic carbocycles. The maximum Gasteiger partial charge on any atom is 0.121 e. The van der Waals surface area contributed by atoms with Crippen LogP contribution in [0.15, 0.2) is 18.2 Å². The summed E-state index contributed by atoms with van der Waals surface area (Å²) in [6, 6.07) is 5.39. The second kappa shape index (κ2) is 5.49. The Bertz CT molecular complexity index is 310. The van der Waals surface area contributed by atoms with Crippen molar-refractivity contribution in [1.29, 1.82) is 0 Å². The van der Waals surface area contributed by atoms with Crippen molar-refractivity contribution in [3.05, 3.63) is 18.2 Å². The monoisotopic (exact) mass is 208 g/mol. The molecule has 0 atom stereocenters. The van der Waals surface area contributed by atoms with E-state index < -0.39 is 0 Å². The van der Waals surface area contributed by atoms with Crippen LogP contribution in [0, 0.1) is 5.92 Å². The number of nitrogen functional groups attached to an aromatic ring is 2. The lowest BCUT2D eigenvalue weighted by atomic mass is 10.1. The van der Waals surface area contributed by atoms with E-state index in [0.29, 0.717) is 11.4 Å². The van der Waals surface area contributed by atoms with Gasteiger partial charge in [0.15, 0.2) is 0 Å². The lowest BCUT2D eigenvalue weighted by Gasteiger charge is -2.08. The first-order valence-corrected chi connectivity index (χ1v) is 5.37. The van der Waals surface area contributed by atoms with Crippen molar-refractivity contribution in [2.75, 3.05) is 18.1 Å². The minimum Gasteiger partial charge on any atom is -0.494 e. The van der Waals surface area contributed by atoms with Gasteiger partial charge in [-0.15, -0.1) is 0 Å². The lowest BCUT2D eigenvalue weighted by molar-refractivity contribution is 0.298. The minimum atomic E-state index is 0.580. The summed E-state index contributed by atoms with van der Waals surface area (Å²) < 4.78 is 5.56. The van der Waals surface area contributed by atoms with Gasteiger partial charge in [-0.3, -0.25) is 0 Å². The summed E-state index contributed by atoms with van der Waals surface area (Å²) in [5.41, 5.74) is 12.5. The molecule has 1 rings (SSSR count). The third-order valence-corrected chi connectivity index (χ3v) is 2.25. The van der Waals surface area contributed by atoms with Gasteiger partial charge in [0.25, 0.3) is 0 Å². The Hall–Kier alpha value is -1.38. The summed E-state index contributed by atoms with van der Waals surface area (Å²) in [7, 11) is 0. The number of anilines is 2. The summed E-state index contributed by atoms with van der Waals surface area (Å²) in [5.74, 6) is 1.52. The third-order valence-electron chi connectivity index (χ3n) is 2.25. The molecule has 1 aromatic rings. The van der Waals surface area contributed by atoms with E-state index in [-0.39, 0.29) is 0 Å². The predicted molar refractivity (Wildman–Crippen MR) is 64.8 cm³/mol. The van der Waals surface area contributed by atoms with Gasteiger partial charge in [-0.1, -0.05) is 13.8 Å². The van der Waals surface area contributed by atoms with E-state index in [1.165, 1.54) is 6.42 Å². The van der Waals surface area contributed by atoms with E-state index in [4.69, 9.17) is 16.2 Å². The summed E-state index contributed by atoms with van der Waals surface area (Å²) >= 11 is 0. The first-order chi connectivity index (χ1) is 7.09. The van der Waals surface area contributed by atoms with E-state index in [2.05, 4.69) is 13.8 Å². The fraction of sp³-hybridized carbons (Fsp3) is 0.500. The molecule has 0 fully saturated rings. The molecule has 0 spiro atoms. The highest BCUT2D eigenvalue weighted by atomic mass is 16.5. The molecule has 4 N–H and O–H groups in total. The molecule has 0 bridgehead atoms. The van der Waals surface area contributed by atoms with Crippen molar-refractivity contribution in [3.8, 4) is 5.75 Å². The summed E-state index contributed by atoms with van der Waals surface area (Å²) in [5, 5.41) is 0. The molecule has 0 amide bonds. The Labute approximate surface area is 91.4 Å². The van der Waals surface area contributed by atoms with Gasteiger partial charge in [-0.2, -0.15) is 0 Å². The van der Waals surface area contributed by atoms with E-state index in [1.807, 2.05) is 6.07 Å². The van der Waals surface area contributed by atoms with Crippen molar-refractivity contribution >= 4 is 11.4 Å². The molecule has 0 aromatic heterocycles. The van der Waals surface area contributed by atoms with Gasteiger partial charge < -0.3 is 16.2 Å². The van der Waals surface area contributed by atoms with Crippen LogP contribution in [0.2, 0.25) is 0 Å². The maximum atomic E-state index is 5.67. The van der Waals surface area contributed by atoms with Gasteiger partial charge >= 0.3 is 0 Å². The van der Waals surface area contributed by atoms with E-state index in [9.17, 15) is 0 Å². The highest BCUT2D eigenvalue weighted by Crippen LogP contribution is 2.21. The van der Waals surface area contributed by atoms with Crippen molar-refractivity contribution in [2.24, 2.45) is 5.92 Å². The molecule has 0 aliphatic heterocycles. The molecule has 0 saturated carbocycles. The molecule has 0 unspecified atom stereocenters. The largest absolute Gasteiger partial charge is 0.494 e. The van der Waals surface area contributed by atoms with Crippen LogP contribution in [-0.4, -0.2) is 6.61 Å². The van der Waals surface area contributed by atoms with Gasteiger partial charge in [-0.05, 0) is 30.9 Å². The number of benzene rings is 1. The van der Waals surface area contributed by atoms with Crippen molar-refractivity contribution in [3.63, 3.8) is 0 Å². The summed E-state index contributed by atoms with van der Waals surface area (Å²) in [6.07, 6.45) is 2.26. The number of hydrogen-bond acceptors (Lipinski definition) is 3. The Morgan fingerprint density at radius 2 is 1.93 bits per heavy atom. The van der Waals surface area contributed by atoms with Crippen LogP contribution in [0.5, 0.6) is 5.75 Å². The molecule has 3 heteroatoms. The quantitative estimate of drug-likeness (QED) is 0.577. The zero-order chi connectivity index (χ0) is 11.3. The number of rotatable bonds is 5. The summed E-state index contributed by atoms with van der Waals surface area (Å²) in [4.78, 5) is 0. The molecule has 84 valence electrons. The average Bonchev–Trinajstić information content (AvgIpc) is 2.18. The Morgan fingerprint density at radius 3 is 2.53 bits per heavy atom. The minimum absolute atomic E-state index is 0.580.